The highest BCUT2D eigenvalue weighted by atomic mass is 19.2. The summed E-state index contributed by atoms with van der Waals surface area (Å²) in [5.41, 5.74) is 0.891. The molecule has 1 saturated heterocycles. The monoisotopic (exact) mass is 454 g/mol. The zero-order chi connectivity index (χ0) is 22.7. The van der Waals surface area contributed by atoms with Crippen LogP contribution in [-0.2, 0) is 11.2 Å². The van der Waals surface area contributed by atoms with Crippen LogP contribution in [0.3, 0.4) is 0 Å². The van der Waals surface area contributed by atoms with E-state index in [2.05, 4.69) is 0 Å². The molecular formula is C24H26F4O4. The van der Waals surface area contributed by atoms with Crippen LogP contribution in [0.15, 0.2) is 18.2 Å². The number of hydrogen-bond donors (Lipinski definition) is 0. The van der Waals surface area contributed by atoms with Gasteiger partial charge in [-0.2, -0.15) is 13.2 Å². The SMILES string of the molecule is CCOc1cc2c(c(F)c1F)Oc1c(ccc(OCC3CCC(CCCF)OC3)c1F)C2. The Bertz CT molecular complexity index is 958. The minimum Gasteiger partial charge on any atom is -0.491 e. The Labute approximate surface area is 184 Å². The van der Waals surface area contributed by atoms with Crippen LogP contribution in [-0.4, -0.2) is 32.6 Å². The summed E-state index contributed by atoms with van der Waals surface area (Å²) in [4.78, 5) is 0. The fraction of sp³-hybridized carbons (Fsp3) is 0.500. The molecule has 2 aliphatic heterocycles. The molecule has 0 bridgehead atoms. The second-order valence-corrected chi connectivity index (χ2v) is 8.11. The minimum absolute atomic E-state index is 0.0152. The Hall–Kier alpha value is -2.48. The van der Waals surface area contributed by atoms with E-state index in [1.807, 2.05) is 0 Å². The van der Waals surface area contributed by atoms with Gasteiger partial charge >= 0.3 is 0 Å². The molecule has 4 rings (SSSR count). The van der Waals surface area contributed by atoms with E-state index in [0.717, 1.165) is 12.8 Å². The highest BCUT2D eigenvalue weighted by molar-refractivity contribution is 5.55. The first kappa shape index (κ1) is 22.7. The summed E-state index contributed by atoms with van der Waals surface area (Å²) in [6.45, 7) is 2.24. The molecule has 2 aliphatic rings. The number of alkyl halides is 1. The average molecular weight is 454 g/mol. The summed E-state index contributed by atoms with van der Waals surface area (Å²) in [5, 5.41) is 0. The van der Waals surface area contributed by atoms with Gasteiger partial charge in [0, 0.05) is 23.5 Å². The largest absolute Gasteiger partial charge is 0.491 e. The zero-order valence-corrected chi connectivity index (χ0v) is 17.9. The lowest BCUT2D eigenvalue weighted by Gasteiger charge is -2.29. The highest BCUT2D eigenvalue weighted by Gasteiger charge is 2.30. The molecule has 0 aliphatic carbocycles. The molecular weight excluding hydrogens is 428 g/mol. The van der Waals surface area contributed by atoms with Gasteiger partial charge in [-0.05, 0) is 44.7 Å². The normalized spacial score (nSPS) is 19.7. The maximum absolute atomic E-state index is 15.1. The van der Waals surface area contributed by atoms with Gasteiger partial charge in [0.1, 0.15) is 0 Å². The van der Waals surface area contributed by atoms with Crippen molar-refractivity contribution < 1.29 is 36.5 Å². The van der Waals surface area contributed by atoms with Gasteiger partial charge in [0.25, 0.3) is 0 Å². The van der Waals surface area contributed by atoms with Crippen molar-refractivity contribution in [2.24, 2.45) is 5.92 Å². The van der Waals surface area contributed by atoms with E-state index < -0.39 is 17.5 Å². The fourth-order valence-corrected chi connectivity index (χ4v) is 4.12. The van der Waals surface area contributed by atoms with Crippen molar-refractivity contribution >= 4 is 0 Å². The molecule has 0 amide bonds. The maximum atomic E-state index is 15.1. The minimum atomic E-state index is -1.20. The van der Waals surface area contributed by atoms with Gasteiger partial charge in [0.2, 0.25) is 17.5 Å². The summed E-state index contributed by atoms with van der Waals surface area (Å²) in [6, 6.07) is 4.55. The molecule has 32 heavy (non-hydrogen) atoms. The summed E-state index contributed by atoms with van der Waals surface area (Å²) in [7, 11) is 0. The molecule has 8 heteroatoms. The third kappa shape index (κ3) is 4.65. The van der Waals surface area contributed by atoms with Crippen LogP contribution in [0.4, 0.5) is 17.6 Å². The summed E-state index contributed by atoms with van der Waals surface area (Å²) < 4.78 is 78.1. The van der Waals surface area contributed by atoms with Gasteiger partial charge in [0.15, 0.2) is 23.0 Å². The molecule has 0 saturated carbocycles. The van der Waals surface area contributed by atoms with Crippen molar-refractivity contribution in [3.63, 3.8) is 0 Å². The molecule has 174 valence electrons. The Kier molecular flexibility index (Phi) is 7.08. The highest BCUT2D eigenvalue weighted by Crippen LogP contribution is 2.44. The number of hydrogen-bond acceptors (Lipinski definition) is 4. The quantitative estimate of drug-likeness (QED) is 0.384. The third-order valence-electron chi connectivity index (χ3n) is 5.83. The topological polar surface area (TPSA) is 36.9 Å². The predicted molar refractivity (Wildman–Crippen MR) is 110 cm³/mol. The molecule has 2 unspecified atom stereocenters. The molecule has 2 aromatic rings. The van der Waals surface area contributed by atoms with Crippen molar-refractivity contribution in [1.29, 1.82) is 0 Å². The molecule has 0 N–H and O–H groups in total. The van der Waals surface area contributed by atoms with Crippen molar-refractivity contribution in [2.75, 3.05) is 26.5 Å². The number of ether oxygens (including phenoxy) is 4. The summed E-state index contributed by atoms with van der Waals surface area (Å²) in [6.07, 6.45) is 3.10. The molecule has 2 heterocycles. The zero-order valence-electron chi connectivity index (χ0n) is 17.9. The van der Waals surface area contributed by atoms with Crippen LogP contribution in [0.5, 0.6) is 23.0 Å². The van der Waals surface area contributed by atoms with Gasteiger partial charge in [-0.3, -0.25) is 4.39 Å². The van der Waals surface area contributed by atoms with Gasteiger partial charge < -0.3 is 18.9 Å². The fourth-order valence-electron chi connectivity index (χ4n) is 4.12. The molecule has 2 aromatic carbocycles. The van der Waals surface area contributed by atoms with Crippen molar-refractivity contribution in [1.82, 2.24) is 0 Å². The number of rotatable bonds is 8. The van der Waals surface area contributed by atoms with E-state index in [9.17, 15) is 13.2 Å². The van der Waals surface area contributed by atoms with E-state index in [0.29, 0.717) is 30.6 Å². The van der Waals surface area contributed by atoms with Gasteiger partial charge in [-0.15, -0.1) is 0 Å². The lowest BCUT2D eigenvalue weighted by atomic mass is 9.97. The second-order valence-electron chi connectivity index (χ2n) is 8.11. The van der Waals surface area contributed by atoms with Crippen LogP contribution < -0.4 is 14.2 Å². The van der Waals surface area contributed by atoms with E-state index in [-0.39, 0.29) is 61.3 Å². The second kappa shape index (κ2) is 9.98. The molecule has 4 nitrogen and oxygen atoms in total. The average Bonchev–Trinajstić information content (AvgIpc) is 2.81. The van der Waals surface area contributed by atoms with E-state index >= 15 is 4.39 Å². The number of benzene rings is 2. The van der Waals surface area contributed by atoms with Crippen molar-refractivity contribution in [3.05, 3.63) is 46.8 Å². The molecule has 0 radical (unpaired) electrons. The first-order valence-electron chi connectivity index (χ1n) is 10.9. The van der Waals surface area contributed by atoms with Crippen molar-refractivity contribution in [3.8, 4) is 23.0 Å². The van der Waals surface area contributed by atoms with Crippen LogP contribution in [0.2, 0.25) is 0 Å². The van der Waals surface area contributed by atoms with E-state index in [1.54, 1.807) is 13.0 Å². The molecule has 0 aromatic heterocycles. The standard InChI is InChI=1S/C24H26F4O4/c1-2-29-19-11-16-10-15-6-8-18(21(27)23(15)32-24(16)22(28)20(19)26)31-13-14-5-7-17(30-12-14)4-3-9-25/h6,8,11,14,17H,2-5,7,9-10,12-13H2,1H3. The number of halogens is 4. The summed E-state index contributed by atoms with van der Waals surface area (Å²) in [5.74, 6) is -3.74. The van der Waals surface area contributed by atoms with E-state index in [1.165, 1.54) is 12.1 Å². The Balaban J connectivity index is 1.43. The molecule has 0 spiro atoms. The first-order chi connectivity index (χ1) is 15.5. The lowest BCUT2D eigenvalue weighted by Crippen LogP contribution is -2.29. The van der Waals surface area contributed by atoms with Crippen LogP contribution in [0.1, 0.15) is 43.7 Å². The van der Waals surface area contributed by atoms with Gasteiger partial charge in [-0.25, -0.2) is 0 Å². The number of fused-ring (bicyclic) bond motifs is 2. The smallest absolute Gasteiger partial charge is 0.207 e. The van der Waals surface area contributed by atoms with Crippen LogP contribution in [0, 0.1) is 23.4 Å². The maximum Gasteiger partial charge on any atom is 0.207 e. The first-order valence-corrected chi connectivity index (χ1v) is 10.9. The Morgan fingerprint density at radius 3 is 2.50 bits per heavy atom. The Morgan fingerprint density at radius 2 is 1.78 bits per heavy atom. The van der Waals surface area contributed by atoms with Gasteiger partial charge in [-0.1, -0.05) is 6.07 Å². The van der Waals surface area contributed by atoms with Gasteiger partial charge in [0.05, 0.1) is 32.6 Å². The summed E-state index contributed by atoms with van der Waals surface area (Å²) >= 11 is 0. The lowest BCUT2D eigenvalue weighted by molar-refractivity contribution is -0.0321. The van der Waals surface area contributed by atoms with Crippen LogP contribution in [0.25, 0.3) is 0 Å². The predicted octanol–water partition coefficient (Wildman–Crippen LogP) is 6.12. The van der Waals surface area contributed by atoms with Crippen LogP contribution >= 0.6 is 0 Å². The van der Waals surface area contributed by atoms with E-state index in [4.69, 9.17) is 18.9 Å². The Morgan fingerprint density at radius 1 is 0.969 bits per heavy atom. The third-order valence-corrected chi connectivity index (χ3v) is 5.83. The van der Waals surface area contributed by atoms with Crippen molar-refractivity contribution in [2.45, 2.75) is 45.1 Å². The molecule has 1 fully saturated rings. The molecule has 2 atom stereocenters.